The zero-order chi connectivity index (χ0) is 22.3. The minimum atomic E-state index is -0.310. The maximum atomic E-state index is 13.4. The van der Waals surface area contributed by atoms with Crippen molar-refractivity contribution in [2.45, 2.75) is 19.4 Å². The van der Waals surface area contributed by atoms with Crippen molar-refractivity contribution in [3.63, 3.8) is 0 Å². The molecule has 0 saturated carbocycles. The van der Waals surface area contributed by atoms with Crippen molar-refractivity contribution in [3.8, 4) is 22.7 Å². The molecule has 0 aliphatic rings. The van der Waals surface area contributed by atoms with Crippen LogP contribution < -0.4 is 10.1 Å². The zero-order valence-electron chi connectivity index (χ0n) is 17.7. The van der Waals surface area contributed by atoms with E-state index in [0.717, 1.165) is 34.0 Å². The third-order valence-corrected chi connectivity index (χ3v) is 5.04. The van der Waals surface area contributed by atoms with Crippen molar-refractivity contribution in [1.29, 1.82) is 0 Å². The molecule has 1 N–H and O–H groups in total. The van der Waals surface area contributed by atoms with Gasteiger partial charge in [-0.1, -0.05) is 12.1 Å². The Morgan fingerprint density at radius 2 is 1.84 bits per heavy atom. The van der Waals surface area contributed by atoms with Gasteiger partial charge in [0.2, 0.25) is 5.91 Å². The summed E-state index contributed by atoms with van der Waals surface area (Å²) < 4.78 is 20.6. The fourth-order valence-electron chi connectivity index (χ4n) is 3.35. The van der Waals surface area contributed by atoms with Crippen molar-refractivity contribution in [2.24, 2.45) is 0 Å². The third kappa shape index (κ3) is 5.18. The lowest BCUT2D eigenvalue weighted by molar-refractivity contribution is -0.121. The highest BCUT2D eigenvalue weighted by atomic mass is 19.1. The molecule has 0 atom stereocenters. The van der Waals surface area contributed by atoms with Gasteiger partial charge in [0.25, 0.3) is 0 Å². The van der Waals surface area contributed by atoms with E-state index in [9.17, 15) is 9.18 Å². The number of hydrogen-bond donors (Lipinski definition) is 1. The number of amides is 1. The number of pyridine rings is 1. The lowest BCUT2D eigenvalue weighted by Crippen LogP contribution is -2.23. The van der Waals surface area contributed by atoms with E-state index >= 15 is 0 Å². The third-order valence-electron chi connectivity index (χ3n) is 5.04. The second-order valence-electron chi connectivity index (χ2n) is 7.27. The van der Waals surface area contributed by atoms with Crippen molar-refractivity contribution in [2.75, 3.05) is 7.11 Å². The molecule has 0 unspecified atom stereocenters. The van der Waals surface area contributed by atoms with Gasteiger partial charge in [0.1, 0.15) is 11.6 Å². The average molecular weight is 430 g/mol. The molecule has 0 spiro atoms. The first-order chi connectivity index (χ1) is 15.6. The summed E-state index contributed by atoms with van der Waals surface area (Å²) in [4.78, 5) is 16.3. The minimum Gasteiger partial charge on any atom is -0.497 e. The van der Waals surface area contributed by atoms with Gasteiger partial charge in [-0.3, -0.25) is 9.78 Å². The van der Waals surface area contributed by atoms with Gasteiger partial charge in [-0.25, -0.2) is 9.07 Å². The SMILES string of the molecule is COc1cccc(-c2cc(CCC(=O)NCc3ccncc3)nn2-c2ccc(F)cc2)c1. The van der Waals surface area contributed by atoms with Crippen LogP contribution in [0.25, 0.3) is 16.9 Å². The fraction of sp³-hybridized carbons (Fsp3) is 0.160. The fourth-order valence-corrected chi connectivity index (χ4v) is 3.35. The Morgan fingerprint density at radius 3 is 2.59 bits per heavy atom. The van der Waals surface area contributed by atoms with Gasteiger partial charge in [0, 0.05) is 37.3 Å². The Bertz CT molecular complexity index is 1190. The number of hydrogen-bond acceptors (Lipinski definition) is 4. The van der Waals surface area contributed by atoms with Crippen LogP contribution in [0.1, 0.15) is 17.7 Å². The summed E-state index contributed by atoms with van der Waals surface area (Å²) in [5, 5.41) is 7.61. The number of methoxy groups -OCH3 is 1. The smallest absolute Gasteiger partial charge is 0.220 e. The van der Waals surface area contributed by atoms with Gasteiger partial charge in [-0.15, -0.1) is 0 Å². The number of aryl methyl sites for hydroxylation is 1. The van der Waals surface area contributed by atoms with Gasteiger partial charge in [-0.2, -0.15) is 5.10 Å². The van der Waals surface area contributed by atoms with E-state index < -0.39 is 0 Å². The maximum Gasteiger partial charge on any atom is 0.220 e. The molecule has 0 aliphatic carbocycles. The van der Waals surface area contributed by atoms with E-state index in [1.54, 1.807) is 36.3 Å². The van der Waals surface area contributed by atoms with Crippen LogP contribution in [-0.4, -0.2) is 27.8 Å². The molecule has 0 fully saturated rings. The van der Waals surface area contributed by atoms with Gasteiger partial charge >= 0.3 is 0 Å². The highest BCUT2D eigenvalue weighted by molar-refractivity contribution is 5.76. The maximum absolute atomic E-state index is 13.4. The number of carbonyl (C=O) groups is 1. The van der Waals surface area contributed by atoms with E-state index in [4.69, 9.17) is 9.84 Å². The highest BCUT2D eigenvalue weighted by Crippen LogP contribution is 2.27. The first kappa shape index (κ1) is 21.2. The van der Waals surface area contributed by atoms with Gasteiger partial charge in [-0.05, 0) is 60.2 Å². The molecule has 6 nitrogen and oxygen atoms in total. The number of carbonyl (C=O) groups excluding carboxylic acids is 1. The largest absolute Gasteiger partial charge is 0.497 e. The topological polar surface area (TPSA) is 69.0 Å². The summed E-state index contributed by atoms with van der Waals surface area (Å²) >= 11 is 0. The molecule has 162 valence electrons. The molecule has 0 radical (unpaired) electrons. The Balaban J connectivity index is 1.53. The number of aromatic nitrogens is 3. The highest BCUT2D eigenvalue weighted by Gasteiger charge is 2.14. The number of ether oxygens (including phenoxy) is 1. The first-order valence-electron chi connectivity index (χ1n) is 10.3. The minimum absolute atomic E-state index is 0.0546. The monoisotopic (exact) mass is 430 g/mol. The second kappa shape index (κ2) is 9.87. The Hall–Kier alpha value is -4.00. The number of nitrogens with zero attached hydrogens (tertiary/aromatic N) is 3. The average Bonchev–Trinajstić information content (AvgIpc) is 3.27. The number of nitrogens with one attached hydrogen (secondary N) is 1. The summed E-state index contributed by atoms with van der Waals surface area (Å²) in [6.45, 7) is 0.459. The van der Waals surface area contributed by atoms with Gasteiger partial charge < -0.3 is 10.1 Å². The predicted octanol–water partition coefficient (Wildman–Crippen LogP) is 4.33. The van der Waals surface area contributed by atoms with Crippen LogP contribution >= 0.6 is 0 Å². The summed E-state index contributed by atoms with van der Waals surface area (Å²) in [6, 6.07) is 19.5. The molecule has 4 rings (SSSR count). The lowest BCUT2D eigenvalue weighted by Gasteiger charge is -2.09. The van der Waals surface area contributed by atoms with Crippen LogP contribution in [0.3, 0.4) is 0 Å². The van der Waals surface area contributed by atoms with Crippen molar-refractivity contribution < 1.29 is 13.9 Å². The van der Waals surface area contributed by atoms with E-state index in [2.05, 4.69) is 10.3 Å². The number of benzene rings is 2. The molecule has 32 heavy (non-hydrogen) atoms. The van der Waals surface area contributed by atoms with E-state index in [1.807, 2.05) is 42.5 Å². The number of rotatable bonds is 8. The Kier molecular flexibility index (Phi) is 6.55. The van der Waals surface area contributed by atoms with Crippen LogP contribution in [-0.2, 0) is 17.8 Å². The van der Waals surface area contributed by atoms with Crippen molar-refractivity contribution in [1.82, 2.24) is 20.1 Å². The summed E-state index contributed by atoms with van der Waals surface area (Å²) in [7, 11) is 1.62. The van der Waals surface area contributed by atoms with Crippen LogP contribution in [0, 0.1) is 5.82 Å². The molecule has 0 aliphatic heterocycles. The molecule has 4 aromatic rings. The van der Waals surface area contributed by atoms with E-state index in [0.29, 0.717) is 19.4 Å². The molecular weight excluding hydrogens is 407 g/mol. The molecule has 2 aromatic heterocycles. The van der Waals surface area contributed by atoms with Crippen LogP contribution in [0.5, 0.6) is 5.75 Å². The molecule has 7 heteroatoms. The van der Waals surface area contributed by atoms with Crippen molar-refractivity contribution >= 4 is 5.91 Å². The van der Waals surface area contributed by atoms with Crippen LogP contribution in [0.15, 0.2) is 79.1 Å². The Morgan fingerprint density at radius 1 is 1.06 bits per heavy atom. The lowest BCUT2D eigenvalue weighted by atomic mass is 10.1. The van der Waals surface area contributed by atoms with E-state index in [-0.39, 0.29) is 11.7 Å². The molecular formula is C25H23FN4O2. The quantitative estimate of drug-likeness (QED) is 0.452. The zero-order valence-corrected chi connectivity index (χ0v) is 17.7. The van der Waals surface area contributed by atoms with Crippen LogP contribution in [0.2, 0.25) is 0 Å². The summed E-state index contributed by atoms with van der Waals surface area (Å²) in [5.74, 6) is 0.363. The van der Waals surface area contributed by atoms with Crippen molar-refractivity contribution in [3.05, 3.63) is 96.2 Å². The summed E-state index contributed by atoms with van der Waals surface area (Å²) in [5.41, 5.74) is 4.25. The van der Waals surface area contributed by atoms with Gasteiger partial charge in [0.15, 0.2) is 0 Å². The molecule has 0 bridgehead atoms. The predicted molar refractivity (Wildman–Crippen MR) is 120 cm³/mol. The van der Waals surface area contributed by atoms with Gasteiger partial charge in [0.05, 0.1) is 24.2 Å². The molecule has 2 aromatic carbocycles. The molecule has 2 heterocycles. The standard InChI is InChI=1S/C25H23FN4O2/c1-32-23-4-2-3-19(15-23)24-16-21(29-30(24)22-8-5-20(26)6-9-22)7-10-25(31)28-17-18-11-13-27-14-12-18/h2-6,8-9,11-16H,7,10,17H2,1H3,(H,28,31). The molecule has 0 saturated heterocycles. The van der Waals surface area contributed by atoms with E-state index in [1.165, 1.54) is 12.1 Å². The number of halogens is 1. The first-order valence-corrected chi connectivity index (χ1v) is 10.3. The Labute approximate surface area is 185 Å². The second-order valence-corrected chi connectivity index (χ2v) is 7.27. The molecule has 1 amide bonds. The normalized spacial score (nSPS) is 10.7. The summed E-state index contributed by atoms with van der Waals surface area (Å²) in [6.07, 6.45) is 4.18. The van der Waals surface area contributed by atoms with Crippen LogP contribution in [0.4, 0.5) is 4.39 Å².